The van der Waals surface area contributed by atoms with Crippen molar-refractivity contribution in [2.75, 3.05) is 5.75 Å². The van der Waals surface area contributed by atoms with E-state index in [1.54, 1.807) is 11.3 Å². The number of carbonyl (C=O) groups is 1. The molecule has 1 aromatic heterocycles. The molecule has 0 bridgehead atoms. The maximum absolute atomic E-state index is 12.6. The van der Waals surface area contributed by atoms with Gasteiger partial charge < -0.3 is 0 Å². The first-order chi connectivity index (χ1) is 9.15. The summed E-state index contributed by atoms with van der Waals surface area (Å²) in [4.78, 5) is 14.9. The Morgan fingerprint density at radius 1 is 1.21 bits per heavy atom. The van der Waals surface area contributed by atoms with Crippen molar-refractivity contribution < 1.29 is 4.79 Å². The van der Waals surface area contributed by atoms with E-state index in [2.05, 4.69) is 19.1 Å². The highest BCUT2D eigenvalue weighted by Crippen LogP contribution is 2.33. The van der Waals surface area contributed by atoms with Crippen LogP contribution in [0.4, 0.5) is 0 Å². The number of thioether (sulfide) groups is 1. The summed E-state index contributed by atoms with van der Waals surface area (Å²) in [6.45, 7) is 4.08. The lowest BCUT2D eigenvalue weighted by Gasteiger charge is -2.08. The van der Waals surface area contributed by atoms with Gasteiger partial charge in [-0.25, -0.2) is 0 Å². The molecule has 0 unspecified atom stereocenters. The summed E-state index contributed by atoms with van der Waals surface area (Å²) < 4.78 is 0. The zero-order chi connectivity index (χ0) is 13.4. The standard InChI is InChI=1S/C16H16OS2/c1-10-3-4-13(11(2)7-10)16(17)15-8-12-9-18-6-5-14(12)19-15/h3-4,7-8H,5-6,9H2,1-2H3. The van der Waals surface area contributed by atoms with Crippen molar-refractivity contribution in [3.63, 3.8) is 0 Å². The molecule has 0 aliphatic carbocycles. The van der Waals surface area contributed by atoms with E-state index in [0.717, 1.165) is 28.2 Å². The summed E-state index contributed by atoms with van der Waals surface area (Å²) in [6, 6.07) is 8.16. The van der Waals surface area contributed by atoms with Gasteiger partial charge in [0.15, 0.2) is 0 Å². The Morgan fingerprint density at radius 3 is 2.79 bits per heavy atom. The second kappa shape index (κ2) is 5.14. The topological polar surface area (TPSA) is 17.1 Å². The summed E-state index contributed by atoms with van der Waals surface area (Å²) in [5.74, 6) is 2.43. The van der Waals surface area contributed by atoms with E-state index < -0.39 is 0 Å². The van der Waals surface area contributed by atoms with Crippen molar-refractivity contribution in [2.45, 2.75) is 26.0 Å². The van der Waals surface area contributed by atoms with E-state index in [9.17, 15) is 4.79 Å². The molecule has 0 spiro atoms. The lowest BCUT2D eigenvalue weighted by atomic mass is 10.0. The van der Waals surface area contributed by atoms with Crippen LogP contribution < -0.4 is 0 Å². The molecule has 1 aromatic carbocycles. The third-order valence-corrected chi connectivity index (χ3v) is 5.72. The number of fused-ring (bicyclic) bond motifs is 1. The molecule has 0 saturated carbocycles. The molecule has 3 heteroatoms. The molecule has 1 nitrogen and oxygen atoms in total. The van der Waals surface area contributed by atoms with Gasteiger partial charge in [-0.05, 0) is 43.2 Å². The van der Waals surface area contributed by atoms with Crippen LogP contribution in [0.1, 0.15) is 36.8 Å². The average Bonchev–Trinajstić information content (AvgIpc) is 2.81. The summed E-state index contributed by atoms with van der Waals surface area (Å²) in [6.07, 6.45) is 1.12. The number of hydrogen-bond donors (Lipinski definition) is 0. The van der Waals surface area contributed by atoms with Crippen molar-refractivity contribution in [2.24, 2.45) is 0 Å². The fraction of sp³-hybridized carbons (Fsp3) is 0.312. The molecule has 19 heavy (non-hydrogen) atoms. The lowest BCUT2D eigenvalue weighted by molar-refractivity contribution is 0.104. The van der Waals surface area contributed by atoms with Crippen molar-refractivity contribution in [3.05, 3.63) is 56.3 Å². The van der Waals surface area contributed by atoms with Crippen LogP contribution in [0.25, 0.3) is 0 Å². The van der Waals surface area contributed by atoms with Gasteiger partial charge in [0, 0.05) is 16.2 Å². The molecule has 1 aliphatic rings. The molecule has 1 aliphatic heterocycles. The van der Waals surface area contributed by atoms with Gasteiger partial charge in [0.25, 0.3) is 0 Å². The predicted octanol–water partition coefficient (Wildman–Crippen LogP) is 4.39. The minimum atomic E-state index is 0.182. The third kappa shape index (κ3) is 2.49. The predicted molar refractivity (Wildman–Crippen MR) is 83.5 cm³/mol. The largest absolute Gasteiger partial charge is 0.288 e. The van der Waals surface area contributed by atoms with Crippen LogP contribution in [0.3, 0.4) is 0 Å². The highest BCUT2D eigenvalue weighted by molar-refractivity contribution is 7.98. The highest BCUT2D eigenvalue weighted by Gasteiger charge is 2.19. The Morgan fingerprint density at radius 2 is 2.05 bits per heavy atom. The van der Waals surface area contributed by atoms with E-state index in [-0.39, 0.29) is 5.78 Å². The van der Waals surface area contributed by atoms with Crippen molar-refractivity contribution in [1.82, 2.24) is 0 Å². The third-order valence-electron chi connectivity index (χ3n) is 3.48. The van der Waals surface area contributed by atoms with Crippen molar-refractivity contribution >= 4 is 28.9 Å². The van der Waals surface area contributed by atoms with E-state index >= 15 is 0 Å². The fourth-order valence-corrected chi connectivity index (χ4v) is 4.79. The number of carbonyl (C=O) groups excluding carboxylic acids is 1. The van der Waals surface area contributed by atoms with E-state index in [0.29, 0.717) is 0 Å². The number of thiophene rings is 1. The molecule has 0 saturated heterocycles. The number of benzene rings is 1. The normalized spacial score (nSPS) is 14.2. The first-order valence-corrected chi connectivity index (χ1v) is 8.43. The van der Waals surface area contributed by atoms with Crippen LogP contribution in [0.5, 0.6) is 0 Å². The number of rotatable bonds is 2. The molecule has 2 aromatic rings. The maximum atomic E-state index is 12.6. The molecule has 98 valence electrons. The monoisotopic (exact) mass is 288 g/mol. The minimum absolute atomic E-state index is 0.182. The molecule has 0 radical (unpaired) electrons. The Balaban J connectivity index is 1.97. The molecule has 2 heterocycles. The number of hydrogen-bond acceptors (Lipinski definition) is 3. The minimum Gasteiger partial charge on any atom is -0.288 e. The summed E-state index contributed by atoms with van der Waals surface area (Å²) in [7, 11) is 0. The highest BCUT2D eigenvalue weighted by atomic mass is 32.2. The van der Waals surface area contributed by atoms with Gasteiger partial charge in [0.05, 0.1) is 4.88 Å². The molecular formula is C16H16OS2. The Bertz CT molecular complexity index is 617. The zero-order valence-electron chi connectivity index (χ0n) is 11.2. The van der Waals surface area contributed by atoms with Gasteiger partial charge in [-0.15, -0.1) is 11.3 Å². The molecule has 3 rings (SSSR count). The van der Waals surface area contributed by atoms with Crippen LogP contribution in [-0.4, -0.2) is 11.5 Å². The Hall–Kier alpha value is -1.06. The van der Waals surface area contributed by atoms with Crippen LogP contribution >= 0.6 is 23.1 Å². The van der Waals surface area contributed by atoms with Gasteiger partial charge in [0.1, 0.15) is 0 Å². The van der Waals surface area contributed by atoms with Crippen LogP contribution in [-0.2, 0) is 12.2 Å². The molecule has 0 amide bonds. The molecule has 0 atom stereocenters. The zero-order valence-corrected chi connectivity index (χ0v) is 12.8. The van der Waals surface area contributed by atoms with Crippen molar-refractivity contribution in [3.8, 4) is 0 Å². The van der Waals surface area contributed by atoms with Gasteiger partial charge >= 0.3 is 0 Å². The summed E-state index contributed by atoms with van der Waals surface area (Å²) >= 11 is 3.65. The first kappa shape index (κ1) is 12.9. The summed E-state index contributed by atoms with van der Waals surface area (Å²) in [5, 5.41) is 0. The average molecular weight is 288 g/mol. The van der Waals surface area contributed by atoms with Crippen LogP contribution in [0.2, 0.25) is 0 Å². The smallest absolute Gasteiger partial charge is 0.203 e. The summed E-state index contributed by atoms with van der Waals surface area (Å²) in [5.41, 5.74) is 4.49. The first-order valence-electron chi connectivity index (χ1n) is 6.46. The van der Waals surface area contributed by atoms with Gasteiger partial charge in [-0.3, -0.25) is 4.79 Å². The SMILES string of the molecule is Cc1ccc(C(=O)c2cc3c(s2)CCSC3)c(C)c1. The Labute approximate surface area is 122 Å². The van der Waals surface area contributed by atoms with Gasteiger partial charge in [-0.2, -0.15) is 11.8 Å². The van der Waals surface area contributed by atoms with Crippen molar-refractivity contribution in [1.29, 1.82) is 0 Å². The number of aryl methyl sites for hydroxylation is 3. The quantitative estimate of drug-likeness (QED) is 0.763. The maximum Gasteiger partial charge on any atom is 0.203 e. The lowest BCUT2D eigenvalue weighted by Crippen LogP contribution is -2.01. The second-order valence-corrected chi connectivity index (χ2v) is 7.25. The molecule has 0 fully saturated rings. The fourth-order valence-electron chi connectivity index (χ4n) is 2.46. The number of ketones is 1. The van der Waals surface area contributed by atoms with Gasteiger partial charge in [0.2, 0.25) is 5.78 Å². The van der Waals surface area contributed by atoms with E-state index in [4.69, 9.17) is 0 Å². The van der Waals surface area contributed by atoms with E-state index in [1.165, 1.54) is 21.8 Å². The Kier molecular flexibility index (Phi) is 3.50. The van der Waals surface area contributed by atoms with Crippen LogP contribution in [0, 0.1) is 13.8 Å². The second-order valence-electron chi connectivity index (χ2n) is 5.01. The van der Waals surface area contributed by atoms with E-state index in [1.807, 2.05) is 30.8 Å². The molecular weight excluding hydrogens is 272 g/mol. The van der Waals surface area contributed by atoms with Crippen LogP contribution in [0.15, 0.2) is 24.3 Å². The molecule has 0 N–H and O–H groups in total. The van der Waals surface area contributed by atoms with Gasteiger partial charge in [-0.1, -0.05) is 23.8 Å².